The average molecular weight is 394 g/mol. The van der Waals surface area contributed by atoms with E-state index in [0.717, 1.165) is 45.0 Å². The van der Waals surface area contributed by atoms with Gasteiger partial charge in [0, 0.05) is 5.56 Å². The van der Waals surface area contributed by atoms with E-state index in [1.54, 1.807) is 6.21 Å². The van der Waals surface area contributed by atoms with Gasteiger partial charge in [-0.1, -0.05) is 60.7 Å². The Kier molecular flexibility index (Phi) is 3.73. The van der Waals surface area contributed by atoms with E-state index < -0.39 is 0 Å². The molecule has 1 saturated heterocycles. The molecular weight excluding hydrogens is 372 g/mol. The summed E-state index contributed by atoms with van der Waals surface area (Å²) in [4.78, 5) is 26.2. The number of hydrazone groups is 1. The van der Waals surface area contributed by atoms with Gasteiger partial charge in [0.1, 0.15) is 0 Å². The lowest BCUT2D eigenvalue weighted by atomic mass is 9.63. The lowest BCUT2D eigenvalue weighted by Crippen LogP contribution is -2.38. The van der Waals surface area contributed by atoms with Crippen LogP contribution < -0.4 is 0 Å². The van der Waals surface area contributed by atoms with Crippen molar-refractivity contribution in [1.29, 1.82) is 0 Å². The summed E-state index contributed by atoms with van der Waals surface area (Å²) >= 11 is 0. The van der Waals surface area contributed by atoms with E-state index in [-0.39, 0.29) is 35.5 Å². The highest BCUT2D eigenvalue weighted by atomic mass is 16.2. The van der Waals surface area contributed by atoms with Gasteiger partial charge in [-0.3, -0.25) is 9.59 Å². The molecule has 7 rings (SSSR count). The third-order valence-electron chi connectivity index (χ3n) is 7.28. The number of fused-ring (bicyclic) bond motifs is 3. The first-order valence-electron chi connectivity index (χ1n) is 10.7. The molecule has 3 aromatic rings. The molecule has 0 N–H and O–H groups in total. The first-order chi connectivity index (χ1) is 14.6. The maximum absolute atomic E-state index is 13.1. The van der Waals surface area contributed by atoms with Crippen molar-refractivity contribution in [3.05, 3.63) is 71.8 Å². The second-order valence-corrected chi connectivity index (χ2v) is 8.70. The van der Waals surface area contributed by atoms with Gasteiger partial charge in [0.2, 0.25) is 0 Å². The number of allylic oxidation sites excluding steroid dienone is 2. The fraction of sp³-hybridized carbons (Fsp3) is 0.269. The van der Waals surface area contributed by atoms with Gasteiger partial charge in [-0.15, -0.1) is 0 Å². The Morgan fingerprint density at radius 2 is 1.27 bits per heavy atom. The summed E-state index contributed by atoms with van der Waals surface area (Å²) in [5.74, 6) is -0.382. The number of hydrogen-bond donors (Lipinski definition) is 0. The number of imide groups is 1. The number of aryl methyl sites for hydroxylation is 1. The Bertz CT molecular complexity index is 1200. The van der Waals surface area contributed by atoms with Crippen LogP contribution in [-0.2, 0) is 9.59 Å². The Labute approximate surface area is 174 Å². The molecule has 0 spiro atoms. The monoisotopic (exact) mass is 394 g/mol. The quantitative estimate of drug-likeness (QED) is 0.270. The molecule has 2 amide bonds. The molecule has 4 heteroatoms. The molecule has 3 aliphatic carbocycles. The van der Waals surface area contributed by atoms with Gasteiger partial charge < -0.3 is 0 Å². The van der Waals surface area contributed by atoms with E-state index in [4.69, 9.17) is 0 Å². The van der Waals surface area contributed by atoms with E-state index >= 15 is 0 Å². The summed E-state index contributed by atoms with van der Waals surface area (Å²) in [6.45, 7) is 2.13. The van der Waals surface area contributed by atoms with Crippen LogP contribution in [-0.4, -0.2) is 23.0 Å². The van der Waals surface area contributed by atoms with Crippen LogP contribution in [0.15, 0.2) is 65.8 Å². The standard InChI is InChI=1S/C26H22N2O2/c1-15-18-6-2-4-8-20(18)22(21-9-5-3-7-19(15)21)14-27-28-25(29)23-16-10-11-17(13-12-16)24(23)26(28)30/h2-11,14,16-17,23-24H,12-13H2,1H3/b27-14-/t16-,17-,23-,24+/m0/s1. The van der Waals surface area contributed by atoms with Crippen LogP contribution in [0.25, 0.3) is 21.5 Å². The molecule has 148 valence electrons. The Morgan fingerprint density at radius 3 is 1.73 bits per heavy atom. The number of carbonyl (C=O) groups excluding carboxylic acids is 2. The van der Waals surface area contributed by atoms with Gasteiger partial charge in [0.05, 0.1) is 18.1 Å². The van der Waals surface area contributed by atoms with Crippen molar-refractivity contribution >= 4 is 39.6 Å². The van der Waals surface area contributed by atoms with Crippen LogP contribution in [0.3, 0.4) is 0 Å². The topological polar surface area (TPSA) is 49.7 Å². The first-order valence-corrected chi connectivity index (χ1v) is 10.7. The molecule has 2 fully saturated rings. The molecule has 1 heterocycles. The zero-order chi connectivity index (χ0) is 20.4. The number of hydrogen-bond acceptors (Lipinski definition) is 3. The van der Waals surface area contributed by atoms with Crippen LogP contribution in [0.1, 0.15) is 24.0 Å². The largest absolute Gasteiger partial charge is 0.272 e. The van der Waals surface area contributed by atoms with Gasteiger partial charge in [-0.25, -0.2) is 0 Å². The minimum atomic E-state index is -0.232. The maximum Gasteiger partial charge on any atom is 0.254 e. The Morgan fingerprint density at radius 1 is 0.800 bits per heavy atom. The van der Waals surface area contributed by atoms with Gasteiger partial charge in [0.15, 0.2) is 0 Å². The molecule has 1 saturated carbocycles. The van der Waals surface area contributed by atoms with Crippen molar-refractivity contribution < 1.29 is 9.59 Å². The van der Waals surface area contributed by atoms with Gasteiger partial charge in [-0.2, -0.15) is 10.1 Å². The third kappa shape index (κ3) is 2.30. The highest BCUT2D eigenvalue weighted by Gasteiger charge is 2.56. The highest BCUT2D eigenvalue weighted by Crippen LogP contribution is 2.49. The summed E-state index contributed by atoms with van der Waals surface area (Å²) in [5, 5.41) is 10.1. The summed E-state index contributed by atoms with van der Waals surface area (Å²) in [6.07, 6.45) is 7.97. The molecule has 2 bridgehead atoms. The Hall–Kier alpha value is -3.27. The first kappa shape index (κ1) is 17.6. The molecule has 0 aromatic heterocycles. The average Bonchev–Trinajstić information content (AvgIpc) is 3.07. The van der Waals surface area contributed by atoms with E-state index in [0.29, 0.717) is 0 Å². The minimum absolute atomic E-state index is 0.138. The molecule has 4 nitrogen and oxygen atoms in total. The highest BCUT2D eigenvalue weighted by molar-refractivity contribution is 6.16. The smallest absolute Gasteiger partial charge is 0.254 e. The zero-order valence-electron chi connectivity index (χ0n) is 16.8. The number of amides is 2. The predicted molar refractivity (Wildman–Crippen MR) is 118 cm³/mol. The second-order valence-electron chi connectivity index (χ2n) is 8.70. The molecule has 4 aliphatic rings. The maximum atomic E-state index is 13.1. The molecule has 0 unspecified atom stereocenters. The number of benzene rings is 3. The fourth-order valence-corrected chi connectivity index (χ4v) is 5.81. The molecular formula is C26H22N2O2. The normalized spacial score (nSPS) is 27.7. The summed E-state index contributed by atoms with van der Waals surface area (Å²) in [5.41, 5.74) is 2.17. The number of nitrogens with zero attached hydrogens (tertiary/aromatic N) is 2. The van der Waals surface area contributed by atoms with Crippen molar-refractivity contribution in [3.8, 4) is 0 Å². The molecule has 30 heavy (non-hydrogen) atoms. The van der Waals surface area contributed by atoms with Crippen molar-refractivity contribution in [2.24, 2.45) is 28.8 Å². The van der Waals surface area contributed by atoms with Crippen molar-refractivity contribution in [2.45, 2.75) is 19.8 Å². The van der Waals surface area contributed by atoms with Crippen molar-refractivity contribution in [1.82, 2.24) is 5.01 Å². The van der Waals surface area contributed by atoms with Crippen LogP contribution in [0.2, 0.25) is 0 Å². The number of carbonyl (C=O) groups is 2. The number of rotatable bonds is 2. The molecule has 1 aliphatic heterocycles. The van der Waals surface area contributed by atoms with Crippen LogP contribution in [0.4, 0.5) is 0 Å². The van der Waals surface area contributed by atoms with Crippen LogP contribution >= 0.6 is 0 Å². The van der Waals surface area contributed by atoms with Crippen molar-refractivity contribution in [2.75, 3.05) is 0 Å². The minimum Gasteiger partial charge on any atom is -0.272 e. The molecule has 4 atom stereocenters. The van der Waals surface area contributed by atoms with Crippen molar-refractivity contribution in [3.63, 3.8) is 0 Å². The summed E-state index contributed by atoms with van der Waals surface area (Å²) < 4.78 is 0. The third-order valence-corrected chi connectivity index (χ3v) is 7.28. The molecule has 3 aromatic carbocycles. The summed E-state index contributed by atoms with van der Waals surface area (Å²) in [7, 11) is 0. The van der Waals surface area contributed by atoms with Crippen LogP contribution in [0, 0.1) is 30.6 Å². The SMILES string of the molecule is Cc1c2ccccc2c(/C=N\N2C(=O)[C@@H]3[C@H](C2=O)[C@H]2C=C[C@H]3CC2)c2ccccc12. The lowest BCUT2D eigenvalue weighted by Gasteiger charge is -2.37. The fourth-order valence-electron chi connectivity index (χ4n) is 5.81. The van der Waals surface area contributed by atoms with E-state index in [1.807, 2.05) is 24.3 Å². The van der Waals surface area contributed by atoms with Gasteiger partial charge >= 0.3 is 0 Å². The zero-order valence-corrected chi connectivity index (χ0v) is 16.8. The van der Waals surface area contributed by atoms with Gasteiger partial charge in [0.25, 0.3) is 11.8 Å². The van der Waals surface area contributed by atoms with E-state index in [9.17, 15) is 9.59 Å². The molecule has 0 radical (unpaired) electrons. The lowest BCUT2D eigenvalue weighted by molar-refractivity contribution is -0.140. The second kappa shape index (κ2) is 6.36. The van der Waals surface area contributed by atoms with Gasteiger partial charge in [-0.05, 0) is 58.7 Å². The summed E-state index contributed by atoms with van der Waals surface area (Å²) in [6, 6.07) is 16.5. The van der Waals surface area contributed by atoms with Crippen LogP contribution in [0.5, 0.6) is 0 Å². The van der Waals surface area contributed by atoms with E-state index in [1.165, 1.54) is 5.56 Å². The Balaban J connectivity index is 1.47. The predicted octanol–water partition coefficient (Wildman–Crippen LogP) is 4.83. The van der Waals surface area contributed by atoms with E-state index in [2.05, 4.69) is 48.4 Å².